The third kappa shape index (κ3) is 4.23. The summed E-state index contributed by atoms with van der Waals surface area (Å²) in [6.07, 6.45) is 5.04. The van der Waals surface area contributed by atoms with Gasteiger partial charge in [0.2, 0.25) is 5.91 Å². The summed E-state index contributed by atoms with van der Waals surface area (Å²) in [5.41, 5.74) is 5.63. The molecule has 1 amide bonds. The minimum atomic E-state index is 0.139. The lowest BCUT2D eigenvalue weighted by Gasteiger charge is -2.27. The number of hydrogen-bond donors (Lipinski definition) is 0. The van der Waals surface area contributed by atoms with E-state index in [4.69, 9.17) is 4.98 Å². The normalized spacial score (nSPS) is 13.8. The first-order valence-electron chi connectivity index (χ1n) is 10.5. The van der Waals surface area contributed by atoms with E-state index in [-0.39, 0.29) is 5.91 Å². The molecule has 2 aromatic carbocycles. The maximum Gasteiger partial charge on any atom is 0.242 e. The molecule has 5 heteroatoms. The van der Waals surface area contributed by atoms with E-state index in [2.05, 4.69) is 47.9 Å². The predicted molar refractivity (Wildman–Crippen MR) is 127 cm³/mol. The molecule has 0 saturated heterocycles. The molecular weight excluding hydrogens is 402 g/mol. The van der Waals surface area contributed by atoms with Crippen molar-refractivity contribution in [3.05, 3.63) is 96.0 Å². The Kier molecular flexibility index (Phi) is 5.50. The molecule has 0 aliphatic carbocycles. The van der Waals surface area contributed by atoms with Crippen LogP contribution in [-0.4, -0.2) is 33.4 Å². The SMILES string of the molecule is O=C(Cn1cccc1-c1nc(-c2ccccc2)cs1)N1CC=C(c2ccccc2)CC1. The van der Waals surface area contributed by atoms with Crippen molar-refractivity contribution >= 4 is 22.8 Å². The molecule has 0 saturated carbocycles. The van der Waals surface area contributed by atoms with Crippen molar-refractivity contribution < 1.29 is 4.79 Å². The van der Waals surface area contributed by atoms with Crippen LogP contribution in [-0.2, 0) is 11.3 Å². The zero-order chi connectivity index (χ0) is 21.0. The first-order valence-corrected chi connectivity index (χ1v) is 11.3. The first kappa shape index (κ1) is 19.5. The molecule has 1 aliphatic heterocycles. The van der Waals surface area contributed by atoms with Gasteiger partial charge in [-0.05, 0) is 29.7 Å². The fraction of sp³-hybridized carbons (Fsp3) is 0.154. The molecule has 3 heterocycles. The molecular formula is C26H23N3OS. The maximum absolute atomic E-state index is 13.0. The molecule has 1 aliphatic rings. The lowest BCUT2D eigenvalue weighted by molar-refractivity contribution is -0.131. The largest absolute Gasteiger partial charge is 0.337 e. The van der Waals surface area contributed by atoms with Crippen molar-refractivity contribution in [2.45, 2.75) is 13.0 Å². The molecule has 0 N–H and O–H groups in total. The number of carbonyl (C=O) groups excluding carboxylic acids is 1. The maximum atomic E-state index is 13.0. The molecule has 4 aromatic rings. The monoisotopic (exact) mass is 425 g/mol. The van der Waals surface area contributed by atoms with Crippen LogP contribution in [0.4, 0.5) is 0 Å². The molecule has 4 nitrogen and oxygen atoms in total. The number of nitrogens with zero attached hydrogens (tertiary/aromatic N) is 3. The van der Waals surface area contributed by atoms with Gasteiger partial charge in [-0.1, -0.05) is 66.7 Å². The molecule has 0 radical (unpaired) electrons. The summed E-state index contributed by atoms with van der Waals surface area (Å²) in [6.45, 7) is 1.75. The number of benzene rings is 2. The number of rotatable bonds is 5. The van der Waals surface area contributed by atoms with E-state index in [9.17, 15) is 4.79 Å². The van der Waals surface area contributed by atoms with E-state index < -0.39 is 0 Å². The van der Waals surface area contributed by atoms with Crippen LogP contribution in [0.5, 0.6) is 0 Å². The van der Waals surface area contributed by atoms with Gasteiger partial charge in [-0.15, -0.1) is 11.3 Å². The van der Waals surface area contributed by atoms with Crippen molar-refractivity contribution in [1.29, 1.82) is 0 Å². The molecule has 31 heavy (non-hydrogen) atoms. The van der Waals surface area contributed by atoms with Gasteiger partial charge in [0, 0.05) is 30.2 Å². The van der Waals surface area contributed by atoms with Gasteiger partial charge in [-0.2, -0.15) is 0 Å². The molecule has 0 spiro atoms. The summed E-state index contributed by atoms with van der Waals surface area (Å²) in [5, 5.41) is 3.01. The second kappa shape index (κ2) is 8.74. The Morgan fingerprint density at radius 3 is 2.39 bits per heavy atom. The number of thiazole rings is 1. The molecule has 0 atom stereocenters. The Hall–Kier alpha value is -3.44. The van der Waals surface area contributed by atoms with Crippen molar-refractivity contribution in [2.24, 2.45) is 0 Å². The molecule has 0 fully saturated rings. The Bertz CT molecular complexity index is 1210. The van der Waals surface area contributed by atoms with E-state index in [0.29, 0.717) is 13.1 Å². The highest BCUT2D eigenvalue weighted by Crippen LogP contribution is 2.29. The predicted octanol–water partition coefficient (Wildman–Crippen LogP) is 5.59. The summed E-state index contributed by atoms with van der Waals surface area (Å²) in [6, 6.07) is 24.6. The fourth-order valence-corrected chi connectivity index (χ4v) is 4.80. The number of carbonyl (C=O) groups is 1. The smallest absolute Gasteiger partial charge is 0.242 e. The van der Waals surface area contributed by atoms with E-state index in [1.54, 1.807) is 11.3 Å². The topological polar surface area (TPSA) is 38.1 Å². The van der Waals surface area contributed by atoms with E-state index >= 15 is 0 Å². The summed E-state index contributed by atoms with van der Waals surface area (Å²) in [5.74, 6) is 0.139. The van der Waals surface area contributed by atoms with Gasteiger partial charge >= 0.3 is 0 Å². The summed E-state index contributed by atoms with van der Waals surface area (Å²) < 4.78 is 2.01. The molecule has 0 bridgehead atoms. The summed E-state index contributed by atoms with van der Waals surface area (Å²) >= 11 is 1.61. The van der Waals surface area contributed by atoms with Gasteiger partial charge in [0.25, 0.3) is 0 Å². The number of aromatic nitrogens is 2. The van der Waals surface area contributed by atoms with Crippen LogP contribution in [0.25, 0.3) is 27.5 Å². The highest BCUT2D eigenvalue weighted by atomic mass is 32.1. The summed E-state index contributed by atoms with van der Waals surface area (Å²) in [7, 11) is 0. The van der Waals surface area contributed by atoms with E-state index in [0.717, 1.165) is 34.9 Å². The highest BCUT2D eigenvalue weighted by molar-refractivity contribution is 7.13. The van der Waals surface area contributed by atoms with Gasteiger partial charge in [0.15, 0.2) is 0 Å². The van der Waals surface area contributed by atoms with Crippen LogP contribution >= 0.6 is 11.3 Å². The van der Waals surface area contributed by atoms with Crippen LogP contribution in [0.1, 0.15) is 12.0 Å². The van der Waals surface area contributed by atoms with Crippen molar-refractivity contribution in [1.82, 2.24) is 14.5 Å². The molecule has 2 aromatic heterocycles. The van der Waals surface area contributed by atoms with Crippen molar-refractivity contribution in [3.63, 3.8) is 0 Å². The summed E-state index contributed by atoms with van der Waals surface area (Å²) in [4.78, 5) is 19.7. The Morgan fingerprint density at radius 1 is 0.935 bits per heavy atom. The van der Waals surface area contributed by atoms with Crippen molar-refractivity contribution in [2.75, 3.05) is 13.1 Å². The van der Waals surface area contributed by atoms with E-state index in [1.165, 1.54) is 11.1 Å². The highest BCUT2D eigenvalue weighted by Gasteiger charge is 2.19. The van der Waals surface area contributed by atoms with Gasteiger partial charge in [-0.25, -0.2) is 4.98 Å². The standard InChI is InChI=1S/C26H23N3OS/c30-25(28-16-13-21(14-17-28)20-8-3-1-4-9-20)18-29-15-7-12-24(29)26-27-23(19-31-26)22-10-5-2-6-11-22/h1-13,15,19H,14,16-18H2. The minimum Gasteiger partial charge on any atom is -0.337 e. The second-order valence-electron chi connectivity index (χ2n) is 7.61. The van der Waals surface area contributed by atoms with E-state index in [1.807, 2.05) is 52.1 Å². The Balaban J connectivity index is 1.28. The van der Waals surface area contributed by atoms with Gasteiger partial charge < -0.3 is 9.47 Å². The minimum absolute atomic E-state index is 0.139. The number of amides is 1. The van der Waals surface area contributed by atoms with Crippen molar-refractivity contribution in [3.8, 4) is 22.0 Å². The lowest BCUT2D eigenvalue weighted by Crippen LogP contribution is -2.37. The zero-order valence-electron chi connectivity index (χ0n) is 17.1. The van der Waals surface area contributed by atoms with Gasteiger partial charge in [-0.3, -0.25) is 4.79 Å². The van der Waals surface area contributed by atoms with Crippen LogP contribution in [0.15, 0.2) is 90.4 Å². The third-order valence-electron chi connectivity index (χ3n) is 5.63. The zero-order valence-corrected chi connectivity index (χ0v) is 18.0. The average molecular weight is 426 g/mol. The molecule has 0 unspecified atom stereocenters. The van der Waals surface area contributed by atoms with Crippen LogP contribution in [0, 0.1) is 0 Å². The van der Waals surface area contributed by atoms with Gasteiger partial charge in [0.1, 0.15) is 11.6 Å². The molecule has 5 rings (SSSR count). The molecule has 154 valence electrons. The van der Waals surface area contributed by atoms with Crippen LogP contribution in [0.2, 0.25) is 0 Å². The van der Waals surface area contributed by atoms with Gasteiger partial charge in [0.05, 0.1) is 11.4 Å². The van der Waals surface area contributed by atoms with Crippen LogP contribution < -0.4 is 0 Å². The fourth-order valence-electron chi connectivity index (χ4n) is 3.93. The quantitative estimate of drug-likeness (QED) is 0.418. The Labute approximate surface area is 186 Å². The third-order valence-corrected chi connectivity index (χ3v) is 6.50. The first-order chi connectivity index (χ1) is 15.3. The Morgan fingerprint density at radius 2 is 1.68 bits per heavy atom. The lowest BCUT2D eigenvalue weighted by atomic mass is 9.99. The number of hydrogen-bond acceptors (Lipinski definition) is 3. The second-order valence-corrected chi connectivity index (χ2v) is 8.47. The van der Waals surface area contributed by atoms with Crippen LogP contribution in [0.3, 0.4) is 0 Å². The average Bonchev–Trinajstić information content (AvgIpc) is 3.50.